The van der Waals surface area contributed by atoms with Crippen LogP contribution < -0.4 is 11.1 Å². The molecule has 0 radical (unpaired) electrons. The average molecular weight is 242 g/mol. The Kier molecular flexibility index (Phi) is 5.40. The molecule has 0 aromatic rings. The van der Waals surface area contributed by atoms with Crippen molar-refractivity contribution in [3.05, 3.63) is 0 Å². The molecule has 1 rings (SSSR count). The van der Waals surface area contributed by atoms with Crippen molar-refractivity contribution >= 4 is 5.91 Å². The zero-order chi connectivity index (χ0) is 12.9. The Balaban J connectivity index is 2.19. The highest BCUT2D eigenvalue weighted by Crippen LogP contribution is 2.17. The standard InChI is InChI=1S/C13H26N2O2/c1-13(2,3)11(14)12(16)15-8-7-10-6-4-5-9-17-10/h10-11H,4-9,14H2,1-3H3,(H,15,16)/t10?,11-/m1/s1. The second kappa shape index (κ2) is 6.36. The second-order valence-corrected chi connectivity index (χ2v) is 5.91. The van der Waals surface area contributed by atoms with Crippen LogP contribution in [0, 0.1) is 5.41 Å². The molecular weight excluding hydrogens is 216 g/mol. The van der Waals surface area contributed by atoms with Crippen LogP contribution in [0.4, 0.5) is 0 Å². The van der Waals surface area contributed by atoms with E-state index in [9.17, 15) is 4.79 Å². The van der Waals surface area contributed by atoms with Crippen molar-refractivity contribution < 1.29 is 9.53 Å². The molecule has 100 valence electrons. The fourth-order valence-corrected chi connectivity index (χ4v) is 1.89. The molecule has 2 atom stereocenters. The fraction of sp³-hybridized carbons (Fsp3) is 0.923. The van der Waals surface area contributed by atoms with Crippen LogP contribution >= 0.6 is 0 Å². The van der Waals surface area contributed by atoms with Crippen LogP contribution in [0.3, 0.4) is 0 Å². The first-order valence-corrected chi connectivity index (χ1v) is 6.56. The van der Waals surface area contributed by atoms with Crippen LogP contribution in [0.5, 0.6) is 0 Å². The molecule has 4 nitrogen and oxygen atoms in total. The summed E-state index contributed by atoms with van der Waals surface area (Å²) in [6.07, 6.45) is 4.72. The predicted octanol–water partition coefficient (Wildman–Crippen LogP) is 1.44. The molecule has 3 N–H and O–H groups in total. The first-order valence-electron chi connectivity index (χ1n) is 6.56. The highest BCUT2D eigenvalue weighted by molar-refractivity contribution is 5.82. The van der Waals surface area contributed by atoms with E-state index in [1.54, 1.807) is 0 Å². The van der Waals surface area contributed by atoms with Gasteiger partial charge in [0.15, 0.2) is 0 Å². The van der Waals surface area contributed by atoms with Gasteiger partial charge in [0.25, 0.3) is 0 Å². The monoisotopic (exact) mass is 242 g/mol. The van der Waals surface area contributed by atoms with Gasteiger partial charge in [0.2, 0.25) is 5.91 Å². The van der Waals surface area contributed by atoms with E-state index < -0.39 is 6.04 Å². The minimum Gasteiger partial charge on any atom is -0.378 e. The Bertz CT molecular complexity index is 242. The summed E-state index contributed by atoms with van der Waals surface area (Å²) in [5, 5.41) is 2.89. The molecule has 0 bridgehead atoms. The Morgan fingerprint density at radius 2 is 2.18 bits per heavy atom. The van der Waals surface area contributed by atoms with Gasteiger partial charge in [-0.2, -0.15) is 0 Å². The Hall–Kier alpha value is -0.610. The van der Waals surface area contributed by atoms with Crippen molar-refractivity contribution in [1.29, 1.82) is 0 Å². The van der Waals surface area contributed by atoms with Crippen molar-refractivity contribution in [2.75, 3.05) is 13.2 Å². The molecule has 0 saturated carbocycles. The molecule has 4 heteroatoms. The van der Waals surface area contributed by atoms with E-state index in [0.717, 1.165) is 25.9 Å². The molecule has 1 unspecified atom stereocenters. The molecule has 1 heterocycles. The van der Waals surface area contributed by atoms with Crippen LogP contribution in [0.1, 0.15) is 46.5 Å². The normalized spacial score (nSPS) is 23.2. The Morgan fingerprint density at radius 3 is 2.71 bits per heavy atom. The van der Waals surface area contributed by atoms with Crippen molar-refractivity contribution in [3.8, 4) is 0 Å². The number of amides is 1. The highest BCUT2D eigenvalue weighted by atomic mass is 16.5. The zero-order valence-electron chi connectivity index (χ0n) is 11.3. The fourth-order valence-electron chi connectivity index (χ4n) is 1.89. The third-order valence-electron chi connectivity index (χ3n) is 3.26. The van der Waals surface area contributed by atoms with Crippen molar-refractivity contribution in [3.63, 3.8) is 0 Å². The average Bonchev–Trinajstić information content (AvgIpc) is 2.28. The van der Waals surface area contributed by atoms with Gasteiger partial charge in [-0.25, -0.2) is 0 Å². The first kappa shape index (κ1) is 14.5. The highest BCUT2D eigenvalue weighted by Gasteiger charge is 2.27. The topological polar surface area (TPSA) is 64.4 Å². The number of rotatable bonds is 4. The molecule has 1 saturated heterocycles. The van der Waals surface area contributed by atoms with Crippen molar-refractivity contribution in [2.45, 2.75) is 58.6 Å². The van der Waals surface area contributed by atoms with Gasteiger partial charge in [0, 0.05) is 13.2 Å². The van der Waals surface area contributed by atoms with Crippen molar-refractivity contribution in [2.24, 2.45) is 11.1 Å². The first-order chi connectivity index (χ1) is 7.91. The van der Waals surface area contributed by atoms with Gasteiger partial charge in [-0.1, -0.05) is 20.8 Å². The predicted molar refractivity (Wildman–Crippen MR) is 68.6 cm³/mol. The molecule has 0 aliphatic carbocycles. The summed E-state index contributed by atoms with van der Waals surface area (Å²) in [6.45, 7) is 7.44. The number of hydrogen-bond acceptors (Lipinski definition) is 3. The maximum absolute atomic E-state index is 11.8. The lowest BCUT2D eigenvalue weighted by molar-refractivity contribution is -0.124. The maximum atomic E-state index is 11.8. The lowest BCUT2D eigenvalue weighted by Crippen LogP contribution is -2.49. The molecule has 17 heavy (non-hydrogen) atoms. The van der Waals surface area contributed by atoms with Gasteiger partial charge in [-0.05, 0) is 31.1 Å². The minimum absolute atomic E-state index is 0.0618. The van der Waals surface area contributed by atoms with Gasteiger partial charge < -0.3 is 15.8 Å². The number of nitrogens with two attached hydrogens (primary N) is 1. The molecule has 0 aromatic carbocycles. The van der Waals surface area contributed by atoms with Gasteiger partial charge in [-0.3, -0.25) is 4.79 Å². The number of carbonyl (C=O) groups is 1. The molecular formula is C13H26N2O2. The molecule has 1 aliphatic rings. The van der Waals surface area contributed by atoms with E-state index in [1.165, 1.54) is 6.42 Å². The van der Waals surface area contributed by atoms with Crippen LogP contribution in [-0.2, 0) is 9.53 Å². The second-order valence-electron chi connectivity index (χ2n) is 5.91. The van der Waals surface area contributed by atoms with Gasteiger partial charge in [-0.15, -0.1) is 0 Å². The van der Waals surface area contributed by atoms with Crippen LogP contribution in [-0.4, -0.2) is 31.2 Å². The number of carbonyl (C=O) groups excluding carboxylic acids is 1. The SMILES string of the molecule is CC(C)(C)[C@H](N)C(=O)NCCC1CCCCO1. The molecule has 1 amide bonds. The quantitative estimate of drug-likeness (QED) is 0.784. The van der Waals surface area contributed by atoms with Gasteiger partial charge >= 0.3 is 0 Å². The summed E-state index contributed by atoms with van der Waals surface area (Å²) in [4.78, 5) is 11.8. The summed E-state index contributed by atoms with van der Waals surface area (Å²) in [5.74, 6) is -0.0618. The van der Waals surface area contributed by atoms with E-state index in [0.29, 0.717) is 12.6 Å². The third kappa shape index (κ3) is 5.04. The molecule has 0 aromatic heterocycles. The third-order valence-corrected chi connectivity index (χ3v) is 3.26. The van der Waals surface area contributed by atoms with Gasteiger partial charge in [0.1, 0.15) is 0 Å². The summed E-state index contributed by atoms with van der Waals surface area (Å²) in [7, 11) is 0. The maximum Gasteiger partial charge on any atom is 0.237 e. The molecule has 1 fully saturated rings. The summed E-state index contributed by atoms with van der Waals surface area (Å²) < 4.78 is 5.60. The van der Waals surface area contributed by atoms with Crippen molar-refractivity contribution in [1.82, 2.24) is 5.32 Å². The summed E-state index contributed by atoms with van der Waals surface area (Å²) >= 11 is 0. The Labute approximate surface area is 104 Å². The zero-order valence-corrected chi connectivity index (χ0v) is 11.3. The van der Waals surface area contributed by atoms with E-state index in [4.69, 9.17) is 10.5 Å². The largest absolute Gasteiger partial charge is 0.378 e. The van der Waals surface area contributed by atoms with Gasteiger partial charge in [0.05, 0.1) is 12.1 Å². The molecule has 1 aliphatic heterocycles. The molecule has 0 spiro atoms. The van der Waals surface area contributed by atoms with E-state index in [2.05, 4.69) is 5.32 Å². The lowest BCUT2D eigenvalue weighted by Gasteiger charge is -2.27. The van der Waals surface area contributed by atoms with Crippen LogP contribution in [0.15, 0.2) is 0 Å². The van der Waals surface area contributed by atoms with E-state index in [1.807, 2.05) is 20.8 Å². The number of nitrogens with one attached hydrogen (secondary N) is 1. The Morgan fingerprint density at radius 1 is 1.47 bits per heavy atom. The summed E-state index contributed by atoms with van der Waals surface area (Å²) in [6, 6.07) is -0.449. The van der Waals surface area contributed by atoms with E-state index >= 15 is 0 Å². The number of hydrogen-bond donors (Lipinski definition) is 2. The minimum atomic E-state index is -0.449. The van der Waals surface area contributed by atoms with Crippen LogP contribution in [0.25, 0.3) is 0 Å². The van der Waals surface area contributed by atoms with Crippen LogP contribution in [0.2, 0.25) is 0 Å². The summed E-state index contributed by atoms with van der Waals surface area (Å²) in [5.41, 5.74) is 5.68. The lowest BCUT2D eigenvalue weighted by atomic mass is 9.87. The van der Waals surface area contributed by atoms with E-state index in [-0.39, 0.29) is 11.3 Å². The smallest absolute Gasteiger partial charge is 0.237 e. The number of ether oxygens (including phenoxy) is 1.